The van der Waals surface area contributed by atoms with Crippen molar-refractivity contribution in [1.82, 2.24) is 5.32 Å². The maximum atomic E-state index is 12.4. The van der Waals surface area contributed by atoms with E-state index in [0.29, 0.717) is 6.42 Å². The minimum Gasteiger partial charge on any atom is -0.394 e. The molecular formula is C55H103NO3. The summed E-state index contributed by atoms with van der Waals surface area (Å²) in [6.45, 7) is 4.31. The number of nitrogens with one attached hydrogen (secondary N) is 1. The lowest BCUT2D eigenvalue weighted by molar-refractivity contribution is -0.123. The van der Waals surface area contributed by atoms with Crippen LogP contribution < -0.4 is 5.32 Å². The Kier molecular flexibility index (Phi) is 49.3. The number of rotatable bonds is 48. The van der Waals surface area contributed by atoms with Crippen LogP contribution in [0.25, 0.3) is 0 Å². The Hall–Kier alpha value is -1.65. The molecule has 0 rings (SSSR count). The average Bonchev–Trinajstić information content (AvgIpc) is 3.24. The van der Waals surface area contributed by atoms with Crippen molar-refractivity contribution >= 4 is 5.91 Å². The number of carbonyl (C=O) groups excluding carboxylic acids is 1. The van der Waals surface area contributed by atoms with E-state index in [1.165, 1.54) is 218 Å². The van der Waals surface area contributed by atoms with Gasteiger partial charge in [0.2, 0.25) is 5.91 Å². The lowest BCUT2D eigenvalue weighted by Crippen LogP contribution is -2.45. The third-order valence-corrected chi connectivity index (χ3v) is 12.0. The van der Waals surface area contributed by atoms with Gasteiger partial charge in [-0.1, -0.05) is 249 Å². The van der Waals surface area contributed by atoms with E-state index in [1.807, 2.05) is 6.08 Å². The van der Waals surface area contributed by atoms with Crippen molar-refractivity contribution in [1.29, 1.82) is 0 Å². The molecule has 4 nitrogen and oxygen atoms in total. The van der Waals surface area contributed by atoms with E-state index in [0.717, 1.165) is 38.5 Å². The van der Waals surface area contributed by atoms with E-state index < -0.39 is 12.1 Å². The van der Waals surface area contributed by atoms with Crippen molar-refractivity contribution in [3.05, 3.63) is 48.6 Å². The Labute approximate surface area is 369 Å². The second-order valence-corrected chi connectivity index (χ2v) is 17.9. The van der Waals surface area contributed by atoms with Gasteiger partial charge in [-0.2, -0.15) is 0 Å². The predicted octanol–water partition coefficient (Wildman–Crippen LogP) is 17.1. The third-order valence-electron chi connectivity index (χ3n) is 12.0. The molecule has 2 atom stereocenters. The lowest BCUT2D eigenvalue weighted by Gasteiger charge is -2.19. The van der Waals surface area contributed by atoms with Crippen LogP contribution in [0.5, 0.6) is 0 Å². The van der Waals surface area contributed by atoms with Gasteiger partial charge in [-0.3, -0.25) is 4.79 Å². The highest BCUT2D eigenvalue weighted by Crippen LogP contribution is 2.16. The van der Waals surface area contributed by atoms with Gasteiger partial charge in [0.25, 0.3) is 0 Å². The summed E-state index contributed by atoms with van der Waals surface area (Å²) in [5.74, 6) is -0.0758. The van der Waals surface area contributed by atoms with Crippen molar-refractivity contribution in [2.24, 2.45) is 0 Å². The smallest absolute Gasteiger partial charge is 0.220 e. The zero-order valence-corrected chi connectivity index (χ0v) is 39.8. The van der Waals surface area contributed by atoms with Crippen LogP contribution in [-0.4, -0.2) is 34.9 Å². The lowest BCUT2D eigenvalue weighted by atomic mass is 10.0. The van der Waals surface area contributed by atoms with Crippen LogP contribution in [0.1, 0.15) is 277 Å². The number of allylic oxidation sites excluding steroid dienone is 7. The second kappa shape index (κ2) is 50.7. The third kappa shape index (κ3) is 47.3. The number of hydrogen-bond acceptors (Lipinski definition) is 3. The van der Waals surface area contributed by atoms with Crippen molar-refractivity contribution in [2.45, 2.75) is 289 Å². The molecule has 0 saturated heterocycles. The summed E-state index contributed by atoms with van der Waals surface area (Å²) in [5.41, 5.74) is 0. The fourth-order valence-electron chi connectivity index (χ4n) is 7.97. The molecule has 0 spiro atoms. The molecule has 0 heterocycles. The van der Waals surface area contributed by atoms with Gasteiger partial charge in [-0.05, 0) is 70.6 Å². The van der Waals surface area contributed by atoms with Crippen molar-refractivity contribution in [2.75, 3.05) is 6.61 Å². The van der Waals surface area contributed by atoms with Gasteiger partial charge in [0, 0.05) is 6.42 Å². The monoisotopic (exact) mass is 826 g/mol. The number of unbranched alkanes of at least 4 members (excludes halogenated alkanes) is 35. The second-order valence-electron chi connectivity index (χ2n) is 17.9. The summed E-state index contributed by atoms with van der Waals surface area (Å²) < 4.78 is 0. The largest absolute Gasteiger partial charge is 0.394 e. The molecule has 3 N–H and O–H groups in total. The molecular weight excluding hydrogens is 723 g/mol. The summed E-state index contributed by atoms with van der Waals surface area (Å²) in [5, 5.41) is 23.1. The molecule has 0 aliphatic carbocycles. The summed E-state index contributed by atoms with van der Waals surface area (Å²) >= 11 is 0. The number of carbonyl (C=O) groups is 1. The van der Waals surface area contributed by atoms with Crippen LogP contribution in [0.3, 0.4) is 0 Å². The van der Waals surface area contributed by atoms with Gasteiger partial charge in [0.05, 0.1) is 18.8 Å². The SMILES string of the molecule is CCCCCCCCCC/C=C\CCCCCCCCCCCCCCCC(=O)NC(CO)C(O)/C=C/CC/C=C/CC/C=C/CCCCCCCCCCCCCC. The van der Waals surface area contributed by atoms with Crippen molar-refractivity contribution in [3.8, 4) is 0 Å². The molecule has 59 heavy (non-hydrogen) atoms. The predicted molar refractivity (Wildman–Crippen MR) is 262 cm³/mol. The van der Waals surface area contributed by atoms with Gasteiger partial charge >= 0.3 is 0 Å². The minimum atomic E-state index is -0.871. The number of hydrogen-bond donors (Lipinski definition) is 3. The van der Waals surface area contributed by atoms with Crippen molar-refractivity contribution < 1.29 is 15.0 Å². The first-order valence-electron chi connectivity index (χ1n) is 26.4. The van der Waals surface area contributed by atoms with Crippen LogP contribution in [0.2, 0.25) is 0 Å². The maximum Gasteiger partial charge on any atom is 0.220 e. The zero-order chi connectivity index (χ0) is 42.8. The molecule has 4 heteroatoms. The summed E-state index contributed by atoms with van der Waals surface area (Å²) in [7, 11) is 0. The van der Waals surface area contributed by atoms with Crippen LogP contribution >= 0.6 is 0 Å². The zero-order valence-electron chi connectivity index (χ0n) is 39.8. The first-order chi connectivity index (χ1) is 29.2. The van der Waals surface area contributed by atoms with Crippen LogP contribution in [0.15, 0.2) is 48.6 Å². The van der Waals surface area contributed by atoms with E-state index >= 15 is 0 Å². The molecule has 1 amide bonds. The fourth-order valence-corrected chi connectivity index (χ4v) is 7.97. The molecule has 0 aromatic rings. The maximum absolute atomic E-state index is 12.4. The van der Waals surface area contributed by atoms with E-state index in [9.17, 15) is 15.0 Å². The minimum absolute atomic E-state index is 0.0758. The molecule has 346 valence electrons. The molecule has 0 aromatic carbocycles. The fraction of sp³-hybridized carbons (Fsp3) is 0.836. The van der Waals surface area contributed by atoms with Gasteiger partial charge in [0.15, 0.2) is 0 Å². The molecule has 0 aliphatic heterocycles. The number of aliphatic hydroxyl groups is 2. The first kappa shape index (κ1) is 57.3. The van der Waals surface area contributed by atoms with Crippen LogP contribution in [0, 0.1) is 0 Å². The van der Waals surface area contributed by atoms with E-state index in [4.69, 9.17) is 0 Å². The Bertz CT molecular complexity index is 939. The van der Waals surface area contributed by atoms with Crippen LogP contribution in [0.4, 0.5) is 0 Å². The topological polar surface area (TPSA) is 69.6 Å². The van der Waals surface area contributed by atoms with Gasteiger partial charge in [-0.25, -0.2) is 0 Å². The van der Waals surface area contributed by atoms with Gasteiger partial charge < -0.3 is 15.5 Å². The number of aliphatic hydroxyl groups excluding tert-OH is 2. The van der Waals surface area contributed by atoms with Crippen LogP contribution in [-0.2, 0) is 4.79 Å². The molecule has 0 bridgehead atoms. The molecule has 0 aromatic heterocycles. The van der Waals surface area contributed by atoms with Crippen molar-refractivity contribution in [3.63, 3.8) is 0 Å². The number of amides is 1. The standard InChI is InChI=1S/C55H103NO3/c1-3-5-7-9-11-13-15-17-19-21-23-25-27-28-29-31-33-35-37-39-41-43-45-47-49-51-55(59)56-53(52-57)54(58)50-48-46-44-42-40-38-36-34-32-30-26-24-22-20-18-16-14-12-10-8-6-4-2/h21,23,32,34,40,42,48,50,53-54,57-58H,3-20,22,24-31,33,35-39,41,43-47,49,51-52H2,1-2H3,(H,56,59)/b23-21-,34-32+,42-40+,50-48+. The summed E-state index contributed by atoms with van der Waals surface area (Å²) in [4.78, 5) is 12.4. The Morgan fingerprint density at radius 2 is 0.661 bits per heavy atom. The molecule has 0 radical (unpaired) electrons. The van der Waals surface area contributed by atoms with Gasteiger partial charge in [0.1, 0.15) is 0 Å². The highest BCUT2D eigenvalue weighted by Gasteiger charge is 2.17. The van der Waals surface area contributed by atoms with Gasteiger partial charge in [-0.15, -0.1) is 0 Å². The molecule has 0 aliphatic rings. The average molecular weight is 826 g/mol. The van der Waals surface area contributed by atoms with E-state index in [1.54, 1.807) is 6.08 Å². The Morgan fingerprint density at radius 1 is 0.390 bits per heavy atom. The molecule has 2 unspecified atom stereocenters. The normalized spacial score (nSPS) is 13.2. The highest BCUT2D eigenvalue weighted by atomic mass is 16.3. The highest BCUT2D eigenvalue weighted by molar-refractivity contribution is 5.76. The Balaban J connectivity index is 3.57. The van der Waals surface area contributed by atoms with E-state index in [2.05, 4.69) is 55.6 Å². The quantitative estimate of drug-likeness (QED) is 0.0423. The van der Waals surface area contributed by atoms with E-state index in [-0.39, 0.29) is 12.5 Å². The first-order valence-corrected chi connectivity index (χ1v) is 26.4. The molecule has 0 fully saturated rings. The molecule has 0 saturated carbocycles. The summed E-state index contributed by atoms with van der Waals surface area (Å²) in [6, 6.07) is -0.646. The Morgan fingerprint density at radius 3 is 0.983 bits per heavy atom. The summed E-state index contributed by atoms with van der Waals surface area (Å²) in [6.07, 6.45) is 69.7.